The lowest BCUT2D eigenvalue weighted by molar-refractivity contribution is 0.394. The summed E-state index contributed by atoms with van der Waals surface area (Å²) >= 11 is 0. The Kier molecular flexibility index (Phi) is 6.80. The third kappa shape index (κ3) is 5.27. The van der Waals surface area contributed by atoms with Crippen LogP contribution in [-0.4, -0.2) is 14.2 Å². The first-order chi connectivity index (χ1) is 16.1. The SMILES string of the molecule is COc1ccc(/C=C/c2ccc(N(c3ccc(C)cc3)c3ccc(C)cc3)cc2)c(OC)c1. The maximum Gasteiger partial charge on any atom is 0.129 e. The lowest BCUT2D eigenvalue weighted by Gasteiger charge is -2.25. The molecule has 0 aliphatic heterocycles. The zero-order chi connectivity index (χ0) is 23.2. The summed E-state index contributed by atoms with van der Waals surface area (Å²) in [4.78, 5) is 2.28. The number of ether oxygens (including phenoxy) is 2. The first-order valence-electron chi connectivity index (χ1n) is 11.0. The molecule has 3 heteroatoms. The van der Waals surface area contributed by atoms with Crippen molar-refractivity contribution in [3.63, 3.8) is 0 Å². The molecule has 0 amide bonds. The molecular formula is C30H29NO2. The summed E-state index contributed by atoms with van der Waals surface area (Å²) in [6.07, 6.45) is 4.15. The maximum absolute atomic E-state index is 5.50. The summed E-state index contributed by atoms with van der Waals surface area (Å²) in [6, 6.07) is 31.7. The van der Waals surface area contributed by atoms with Gasteiger partial charge < -0.3 is 14.4 Å². The quantitative estimate of drug-likeness (QED) is 0.275. The number of aryl methyl sites for hydroxylation is 2. The molecule has 0 N–H and O–H groups in total. The average molecular weight is 436 g/mol. The highest BCUT2D eigenvalue weighted by Gasteiger charge is 2.12. The van der Waals surface area contributed by atoms with E-state index in [-0.39, 0.29) is 0 Å². The zero-order valence-electron chi connectivity index (χ0n) is 19.6. The van der Waals surface area contributed by atoms with Crippen molar-refractivity contribution in [3.05, 3.63) is 113 Å². The van der Waals surface area contributed by atoms with Gasteiger partial charge in [-0.1, -0.05) is 59.7 Å². The van der Waals surface area contributed by atoms with Gasteiger partial charge in [-0.25, -0.2) is 0 Å². The Balaban J connectivity index is 1.63. The molecule has 4 aromatic rings. The van der Waals surface area contributed by atoms with Gasteiger partial charge in [0.15, 0.2) is 0 Å². The number of benzene rings is 4. The van der Waals surface area contributed by atoms with Gasteiger partial charge in [0.2, 0.25) is 0 Å². The number of hydrogen-bond acceptors (Lipinski definition) is 3. The second-order valence-electron chi connectivity index (χ2n) is 8.04. The van der Waals surface area contributed by atoms with Crippen molar-refractivity contribution in [3.8, 4) is 11.5 Å². The highest BCUT2D eigenvalue weighted by Crippen LogP contribution is 2.35. The van der Waals surface area contributed by atoms with Crippen molar-refractivity contribution in [2.45, 2.75) is 13.8 Å². The van der Waals surface area contributed by atoms with E-state index in [0.29, 0.717) is 0 Å². The fourth-order valence-electron chi connectivity index (χ4n) is 3.71. The van der Waals surface area contributed by atoms with Crippen LogP contribution >= 0.6 is 0 Å². The molecular weight excluding hydrogens is 406 g/mol. The summed E-state index contributed by atoms with van der Waals surface area (Å²) in [5.41, 5.74) is 8.00. The summed E-state index contributed by atoms with van der Waals surface area (Å²) in [5.74, 6) is 1.56. The third-order valence-corrected chi connectivity index (χ3v) is 5.63. The lowest BCUT2D eigenvalue weighted by Crippen LogP contribution is -2.09. The Morgan fingerprint density at radius 3 is 1.58 bits per heavy atom. The Labute approximate surface area is 196 Å². The predicted octanol–water partition coefficient (Wildman–Crippen LogP) is 7.96. The van der Waals surface area contributed by atoms with Gasteiger partial charge >= 0.3 is 0 Å². The van der Waals surface area contributed by atoms with Gasteiger partial charge in [-0.2, -0.15) is 0 Å². The molecule has 0 saturated carbocycles. The minimum atomic E-state index is 0.778. The molecule has 0 aliphatic carbocycles. The standard InChI is InChI=1S/C30H29NO2/c1-22-5-14-26(15-6-22)31(27-16-7-23(2)8-17-27)28-18-10-24(11-19-28)9-12-25-13-20-29(32-3)21-30(25)33-4/h5-21H,1-4H3/b12-9+. The van der Waals surface area contributed by atoms with Crippen LogP contribution in [0.1, 0.15) is 22.3 Å². The van der Waals surface area contributed by atoms with Crippen molar-refractivity contribution >= 4 is 29.2 Å². The molecule has 0 aromatic heterocycles. The van der Waals surface area contributed by atoms with Gasteiger partial charge in [-0.3, -0.25) is 0 Å². The molecule has 3 nitrogen and oxygen atoms in total. The molecule has 0 fully saturated rings. The molecule has 0 atom stereocenters. The monoisotopic (exact) mass is 435 g/mol. The normalized spacial score (nSPS) is 10.9. The Morgan fingerprint density at radius 1 is 0.576 bits per heavy atom. The van der Waals surface area contributed by atoms with Crippen LogP contribution in [0.25, 0.3) is 12.2 Å². The minimum Gasteiger partial charge on any atom is -0.497 e. The molecule has 0 heterocycles. The molecule has 4 rings (SSSR count). The molecule has 0 radical (unpaired) electrons. The molecule has 0 aliphatic rings. The topological polar surface area (TPSA) is 21.7 Å². The van der Waals surface area contributed by atoms with Crippen LogP contribution in [0, 0.1) is 13.8 Å². The summed E-state index contributed by atoms with van der Waals surface area (Å²) < 4.78 is 10.8. The zero-order valence-corrected chi connectivity index (χ0v) is 19.6. The van der Waals surface area contributed by atoms with Gasteiger partial charge in [-0.15, -0.1) is 0 Å². The molecule has 0 saturated heterocycles. The van der Waals surface area contributed by atoms with E-state index in [1.807, 2.05) is 18.2 Å². The van der Waals surface area contributed by atoms with Crippen molar-refractivity contribution in [1.82, 2.24) is 0 Å². The molecule has 0 bridgehead atoms. The number of rotatable bonds is 7. The molecule has 33 heavy (non-hydrogen) atoms. The van der Waals surface area contributed by atoms with Crippen LogP contribution in [0.2, 0.25) is 0 Å². The van der Waals surface area contributed by atoms with Crippen molar-refractivity contribution in [2.24, 2.45) is 0 Å². The number of nitrogens with zero attached hydrogens (tertiary/aromatic N) is 1. The summed E-state index contributed by atoms with van der Waals surface area (Å²) in [5, 5.41) is 0. The molecule has 0 spiro atoms. The molecule has 166 valence electrons. The van der Waals surface area contributed by atoms with Gasteiger partial charge in [0.25, 0.3) is 0 Å². The Morgan fingerprint density at radius 2 is 1.09 bits per heavy atom. The summed E-state index contributed by atoms with van der Waals surface area (Å²) in [7, 11) is 3.33. The van der Waals surface area contributed by atoms with Crippen molar-refractivity contribution in [1.29, 1.82) is 0 Å². The fourth-order valence-corrected chi connectivity index (χ4v) is 3.71. The van der Waals surface area contributed by atoms with Crippen LogP contribution in [0.3, 0.4) is 0 Å². The number of methoxy groups -OCH3 is 2. The van der Waals surface area contributed by atoms with E-state index >= 15 is 0 Å². The van der Waals surface area contributed by atoms with Gasteiger partial charge in [0.1, 0.15) is 11.5 Å². The van der Waals surface area contributed by atoms with E-state index in [1.54, 1.807) is 14.2 Å². The van der Waals surface area contributed by atoms with Crippen LogP contribution in [0.5, 0.6) is 11.5 Å². The number of hydrogen-bond donors (Lipinski definition) is 0. The number of anilines is 3. The van der Waals surface area contributed by atoms with E-state index in [4.69, 9.17) is 9.47 Å². The van der Waals surface area contributed by atoms with Crippen molar-refractivity contribution < 1.29 is 9.47 Å². The highest BCUT2D eigenvalue weighted by molar-refractivity contribution is 5.78. The van der Waals surface area contributed by atoms with Crippen molar-refractivity contribution in [2.75, 3.05) is 19.1 Å². The van der Waals surface area contributed by atoms with Crippen LogP contribution in [0.4, 0.5) is 17.1 Å². The largest absolute Gasteiger partial charge is 0.497 e. The second-order valence-corrected chi connectivity index (χ2v) is 8.04. The minimum absolute atomic E-state index is 0.778. The smallest absolute Gasteiger partial charge is 0.129 e. The Hall–Kier alpha value is -3.98. The van der Waals surface area contributed by atoms with Crippen LogP contribution < -0.4 is 14.4 Å². The highest BCUT2D eigenvalue weighted by atomic mass is 16.5. The van der Waals surface area contributed by atoms with E-state index in [2.05, 4.69) is 104 Å². The van der Waals surface area contributed by atoms with Crippen LogP contribution in [-0.2, 0) is 0 Å². The second kappa shape index (κ2) is 10.1. The van der Waals surface area contributed by atoms with E-state index in [0.717, 1.165) is 39.7 Å². The summed E-state index contributed by atoms with van der Waals surface area (Å²) in [6.45, 7) is 4.22. The van der Waals surface area contributed by atoms with E-state index in [1.165, 1.54) is 11.1 Å². The van der Waals surface area contributed by atoms with Crippen LogP contribution in [0.15, 0.2) is 91.0 Å². The average Bonchev–Trinajstić information content (AvgIpc) is 2.86. The van der Waals surface area contributed by atoms with Gasteiger partial charge in [0.05, 0.1) is 14.2 Å². The van der Waals surface area contributed by atoms with E-state index in [9.17, 15) is 0 Å². The molecule has 0 unspecified atom stereocenters. The fraction of sp³-hybridized carbons (Fsp3) is 0.133. The lowest BCUT2D eigenvalue weighted by atomic mass is 10.1. The first kappa shape index (κ1) is 22.2. The first-order valence-corrected chi connectivity index (χ1v) is 11.0. The van der Waals surface area contributed by atoms with E-state index < -0.39 is 0 Å². The maximum atomic E-state index is 5.50. The molecule has 4 aromatic carbocycles. The third-order valence-electron chi connectivity index (χ3n) is 5.63. The van der Waals surface area contributed by atoms with Gasteiger partial charge in [-0.05, 0) is 67.9 Å². The Bertz CT molecular complexity index is 1180. The predicted molar refractivity (Wildman–Crippen MR) is 139 cm³/mol. The van der Waals surface area contributed by atoms with Gasteiger partial charge in [0, 0.05) is 28.7 Å².